The summed E-state index contributed by atoms with van der Waals surface area (Å²) in [6.07, 6.45) is 2.76. The predicted molar refractivity (Wildman–Crippen MR) is 78.9 cm³/mol. The van der Waals surface area contributed by atoms with E-state index in [0.717, 1.165) is 17.7 Å². The molecule has 2 atom stereocenters. The molecule has 0 bridgehead atoms. The normalized spacial score (nSPS) is 23.3. The molecule has 2 aromatic rings. The number of hydrogen-bond acceptors (Lipinski definition) is 4. The highest BCUT2D eigenvalue weighted by molar-refractivity contribution is 5.78. The number of halogens is 1. The predicted octanol–water partition coefficient (Wildman–Crippen LogP) is 1.33. The second kappa shape index (κ2) is 5.73. The summed E-state index contributed by atoms with van der Waals surface area (Å²) in [6, 6.07) is 6.21. The lowest BCUT2D eigenvalue weighted by Gasteiger charge is -2.41. The first-order valence-electron chi connectivity index (χ1n) is 7.73. The number of likely N-dealkylation sites (tertiary alicyclic amines) is 1. The summed E-state index contributed by atoms with van der Waals surface area (Å²) >= 11 is 0. The molecule has 1 saturated heterocycles. The number of fused-ring (bicyclic) bond motifs is 3. The molecule has 2 aliphatic heterocycles. The first kappa shape index (κ1) is 14.3. The smallest absolute Gasteiger partial charge is 0.227 e. The van der Waals surface area contributed by atoms with Crippen molar-refractivity contribution < 1.29 is 13.9 Å². The second-order valence-electron chi connectivity index (χ2n) is 6.02. The lowest BCUT2D eigenvalue weighted by Crippen LogP contribution is -2.50. The summed E-state index contributed by atoms with van der Waals surface area (Å²) in [5.41, 5.74) is 1.80. The van der Waals surface area contributed by atoms with E-state index in [1.165, 1.54) is 12.1 Å². The maximum Gasteiger partial charge on any atom is 0.227 e. The van der Waals surface area contributed by atoms with E-state index in [9.17, 15) is 9.18 Å². The maximum absolute atomic E-state index is 12.9. The van der Waals surface area contributed by atoms with Crippen molar-refractivity contribution in [3.8, 4) is 0 Å². The molecule has 1 fully saturated rings. The van der Waals surface area contributed by atoms with Gasteiger partial charge in [-0.2, -0.15) is 0 Å². The average Bonchev–Trinajstić information content (AvgIpc) is 3.05. The van der Waals surface area contributed by atoms with Crippen LogP contribution in [0.2, 0.25) is 0 Å². The van der Waals surface area contributed by atoms with E-state index >= 15 is 0 Å². The van der Waals surface area contributed by atoms with Crippen LogP contribution in [-0.4, -0.2) is 45.0 Å². The van der Waals surface area contributed by atoms with Gasteiger partial charge in [-0.05, 0) is 24.1 Å². The first-order valence-corrected chi connectivity index (χ1v) is 7.73. The quantitative estimate of drug-likeness (QED) is 0.839. The molecule has 6 nitrogen and oxygen atoms in total. The van der Waals surface area contributed by atoms with Crippen molar-refractivity contribution >= 4 is 5.91 Å². The molecule has 3 heterocycles. The van der Waals surface area contributed by atoms with Crippen LogP contribution >= 0.6 is 0 Å². The highest BCUT2D eigenvalue weighted by atomic mass is 19.1. The number of carbonyl (C=O) groups excluding carboxylic acids is 1. The van der Waals surface area contributed by atoms with E-state index < -0.39 is 0 Å². The van der Waals surface area contributed by atoms with Gasteiger partial charge in [-0.3, -0.25) is 4.79 Å². The molecule has 1 aromatic heterocycles. The van der Waals surface area contributed by atoms with Crippen molar-refractivity contribution in [1.82, 2.24) is 19.9 Å². The number of ether oxygens (including phenoxy) is 1. The molecule has 23 heavy (non-hydrogen) atoms. The Morgan fingerprint density at radius 2 is 2.17 bits per heavy atom. The van der Waals surface area contributed by atoms with Crippen LogP contribution in [0.5, 0.6) is 0 Å². The highest BCUT2D eigenvalue weighted by Crippen LogP contribution is 2.30. The summed E-state index contributed by atoms with van der Waals surface area (Å²) in [5, 5.41) is 8.07. The standard InChI is InChI=1S/C16H17FN4O2/c17-12-3-1-11(2-4-12)7-16(22)20-6-5-14-15(9-20)23-10-13-8-18-19-21(13)14/h1-4,8,14-15H,5-7,9-10H2/t14-,15-/m0/s1. The van der Waals surface area contributed by atoms with Gasteiger partial charge in [0.2, 0.25) is 5.91 Å². The lowest BCUT2D eigenvalue weighted by molar-refractivity contribution is -0.138. The zero-order valence-electron chi connectivity index (χ0n) is 12.6. The van der Waals surface area contributed by atoms with Gasteiger partial charge in [0.05, 0.1) is 37.1 Å². The number of amides is 1. The van der Waals surface area contributed by atoms with Gasteiger partial charge >= 0.3 is 0 Å². The van der Waals surface area contributed by atoms with Gasteiger partial charge in [0.15, 0.2) is 0 Å². The molecule has 1 aromatic carbocycles. The molecule has 0 radical (unpaired) electrons. The molecular weight excluding hydrogens is 299 g/mol. The van der Waals surface area contributed by atoms with Crippen molar-refractivity contribution in [2.24, 2.45) is 0 Å². The van der Waals surface area contributed by atoms with Gasteiger partial charge in [-0.25, -0.2) is 9.07 Å². The highest BCUT2D eigenvalue weighted by Gasteiger charge is 2.37. The van der Waals surface area contributed by atoms with E-state index in [0.29, 0.717) is 19.7 Å². The number of benzene rings is 1. The van der Waals surface area contributed by atoms with Crippen LogP contribution in [0.1, 0.15) is 23.7 Å². The molecule has 0 saturated carbocycles. The molecule has 7 heteroatoms. The molecule has 0 unspecified atom stereocenters. The Morgan fingerprint density at radius 3 is 3.00 bits per heavy atom. The number of aromatic nitrogens is 3. The van der Waals surface area contributed by atoms with Crippen LogP contribution in [0.4, 0.5) is 4.39 Å². The summed E-state index contributed by atoms with van der Waals surface area (Å²) in [7, 11) is 0. The largest absolute Gasteiger partial charge is 0.368 e. The molecule has 0 spiro atoms. The number of piperidine rings is 1. The zero-order chi connectivity index (χ0) is 15.8. The van der Waals surface area contributed by atoms with E-state index in [1.807, 2.05) is 9.58 Å². The summed E-state index contributed by atoms with van der Waals surface area (Å²) in [5.74, 6) is -0.246. The van der Waals surface area contributed by atoms with Crippen LogP contribution in [0.3, 0.4) is 0 Å². The Hall–Kier alpha value is -2.28. The van der Waals surface area contributed by atoms with E-state index in [2.05, 4.69) is 10.3 Å². The first-order chi connectivity index (χ1) is 11.2. The molecule has 2 aliphatic rings. The maximum atomic E-state index is 12.9. The van der Waals surface area contributed by atoms with Crippen molar-refractivity contribution in [1.29, 1.82) is 0 Å². The summed E-state index contributed by atoms with van der Waals surface area (Å²) in [4.78, 5) is 14.3. The Balaban J connectivity index is 1.42. The van der Waals surface area contributed by atoms with Gasteiger partial charge < -0.3 is 9.64 Å². The van der Waals surface area contributed by atoms with Crippen LogP contribution in [0.15, 0.2) is 30.5 Å². The second-order valence-corrected chi connectivity index (χ2v) is 6.02. The summed E-state index contributed by atoms with van der Waals surface area (Å²) in [6.45, 7) is 1.71. The van der Waals surface area contributed by atoms with Crippen LogP contribution < -0.4 is 0 Å². The fourth-order valence-corrected chi connectivity index (χ4v) is 3.30. The Labute approximate surface area is 132 Å². The minimum Gasteiger partial charge on any atom is -0.368 e. The minimum atomic E-state index is -0.291. The monoisotopic (exact) mass is 316 g/mol. The topological polar surface area (TPSA) is 60.3 Å². The molecule has 120 valence electrons. The van der Waals surface area contributed by atoms with Crippen LogP contribution in [0.25, 0.3) is 0 Å². The Morgan fingerprint density at radius 1 is 1.35 bits per heavy atom. The van der Waals surface area contributed by atoms with Crippen LogP contribution in [-0.2, 0) is 22.6 Å². The van der Waals surface area contributed by atoms with Gasteiger partial charge in [0.25, 0.3) is 0 Å². The molecule has 0 aliphatic carbocycles. The Kier molecular flexibility index (Phi) is 3.57. The van der Waals surface area contributed by atoms with Crippen molar-refractivity contribution in [3.63, 3.8) is 0 Å². The van der Waals surface area contributed by atoms with Crippen molar-refractivity contribution in [3.05, 3.63) is 47.5 Å². The number of nitrogens with zero attached hydrogens (tertiary/aromatic N) is 4. The van der Waals surface area contributed by atoms with Crippen LogP contribution in [0, 0.1) is 5.82 Å². The van der Waals surface area contributed by atoms with Gasteiger partial charge in [-0.1, -0.05) is 17.3 Å². The van der Waals surface area contributed by atoms with E-state index in [1.54, 1.807) is 18.3 Å². The van der Waals surface area contributed by atoms with Gasteiger partial charge in [0, 0.05) is 13.1 Å². The van der Waals surface area contributed by atoms with Gasteiger partial charge in [0.1, 0.15) is 5.82 Å². The molecule has 1 amide bonds. The van der Waals surface area contributed by atoms with E-state index in [-0.39, 0.29) is 30.3 Å². The summed E-state index contributed by atoms with van der Waals surface area (Å²) < 4.78 is 20.7. The third-order valence-electron chi connectivity index (χ3n) is 4.55. The SMILES string of the molecule is O=C(Cc1ccc(F)cc1)N1CC[C@H]2[C@H](C1)OCc1cnnn12. The molecule has 0 N–H and O–H groups in total. The third-order valence-corrected chi connectivity index (χ3v) is 4.55. The molecule has 4 rings (SSSR count). The van der Waals surface area contributed by atoms with Crippen molar-refractivity contribution in [2.75, 3.05) is 13.1 Å². The average molecular weight is 316 g/mol. The third kappa shape index (κ3) is 2.72. The zero-order valence-corrected chi connectivity index (χ0v) is 12.6. The minimum absolute atomic E-state index is 0.0445. The fraction of sp³-hybridized carbons (Fsp3) is 0.438. The molecular formula is C16H17FN4O2. The number of hydrogen-bond donors (Lipinski definition) is 0. The lowest BCUT2D eigenvalue weighted by atomic mass is 9.99. The van der Waals surface area contributed by atoms with Gasteiger partial charge in [-0.15, -0.1) is 5.10 Å². The van der Waals surface area contributed by atoms with E-state index in [4.69, 9.17) is 4.74 Å². The van der Waals surface area contributed by atoms with Crippen molar-refractivity contribution in [2.45, 2.75) is 31.6 Å². The Bertz CT molecular complexity index is 715. The fourth-order valence-electron chi connectivity index (χ4n) is 3.30. The number of carbonyl (C=O) groups is 1. The number of rotatable bonds is 2.